The Morgan fingerprint density at radius 2 is 1.56 bits per heavy atom. The number of aromatic nitrogens is 2. The molecule has 13 nitrogen and oxygen atoms in total. The van der Waals surface area contributed by atoms with Crippen LogP contribution < -0.4 is 20.3 Å². The maximum atomic E-state index is 13.8. The highest BCUT2D eigenvalue weighted by Crippen LogP contribution is 2.22. The van der Waals surface area contributed by atoms with Crippen LogP contribution >= 0.6 is 0 Å². The standard InChI is InChI=1S/C34H40N6O7S/c1-22(24-13-9-6-10-14-24)36-31(42)25-18-26(20-28(19-25)40(2)48(4,45)46)32(43)38-29(17-23-11-7-5-8-12-23)30(41)33(44)39-34-35-21-27(37-34)15-16-47-3/h5-14,18-22,29-30,41H,15-17H2,1-4H3,(H,36,42)(H,38,43)(H2,35,37,39,44)/t22-,29+,30-/m1/s1. The highest BCUT2D eigenvalue weighted by molar-refractivity contribution is 7.92. The number of carbonyl (C=O) groups excluding carboxylic acids is 3. The Bertz CT molecular complexity index is 1820. The zero-order valence-corrected chi connectivity index (χ0v) is 28.0. The van der Waals surface area contributed by atoms with E-state index < -0.39 is 39.9 Å². The number of hydrogen-bond acceptors (Lipinski definition) is 8. The molecule has 1 aromatic heterocycles. The zero-order valence-electron chi connectivity index (χ0n) is 27.1. The molecule has 0 unspecified atom stereocenters. The van der Waals surface area contributed by atoms with Gasteiger partial charge in [0.2, 0.25) is 16.0 Å². The number of imidazole rings is 1. The molecule has 0 radical (unpaired) electrons. The van der Waals surface area contributed by atoms with E-state index in [2.05, 4.69) is 25.9 Å². The van der Waals surface area contributed by atoms with E-state index in [1.807, 2.05) is 36.4 Å². The third kappa shape index (κ3) is 9.73. The molecule has 4 aromatic rings. The summed E-state index contributed by atoms with van der Waals surface area (Å²) in [6.07, 6.45) is 1.47. The van der Waals surface area contributed by atoms with E-state index >= 15 is 0 Å². The Balaban J connectivity index is 1.62. The summed E-state index contributed by atoms with van der Waals surface area (Å²) in [7, 11) is -0.895. The van der Waals surface area contributed by atoms with Crippen molar-refractivity contribution in [2.45, 2.75) is 38.0 Å². The van der Waals surface area contributed by atoms with Crippen LogP contribution in [-0.4, -0.2) is 80.4 Å². The summed E-state index contributed by atoms with van der Waals surface area (Å²) in [5.74, 6) is -1.97. The van der Waals surface area contributed by atoms with E-state index in [9.17, 15) is 27.9 Å². The highest BCUT2D eigenvalue weighted by Gasteiger charge is 2.30. The fourth-order valence-corrected chi connectivity index (χ4v) is 5.33. The van der Waals surface area contributed by atoms with Crippen LogP contribution in [0, 0.1) is 0 Å². The van der Waals surface area contributed by atoms with Crippen molar-refractivity contribution in [1.82, 2.24) is 20.6 Å². The van der Waals surface area contributed by atoms with Gasteiger partial charge in [0.15, 0.2) is 6.10 Å². The van der Waals surface area contributed by atoms with Crippen LogP contribution in [0.4, 0.5) is 11.6 Å². The van der Waals surface area contributed by atoms with E-state index in [1.54, 1.807) is 44.5 Å². The van der Waals surface area contributed by atoms with Crippen LogP contribution in [0.15, 0.2) is 85.1 Å². The van der Waals surface area contributed by atoms with Gasteiger partial charge in [-0.2, -0.15) is 0 Å². The minimum Gasteiger partial charge on any atom is -0.384 e. The number of aliphatic hydroxyl groups excluding tert-OH is 1. The lowest BCUT2D eigenvalue weighted by Gasteiger charge is -2.24. The lowest BCUT2D eigenvalue weighted by Crippen LogP contribution is -2.50. The second-order valence-corrected chi connectivity index (χ2v) is 13.3. The molecular weight excluding hydrogens is 636 g/mol. The van der Waals surface area contributed by atoms with Gasteiger partial charge in [0.1, 0.15) is 0 Å². The molecule has 0 saturated heterocycles. The van der Waals surface area contributed by atoms with Crippen molar-refractivity contribution in [2.75, 3.05) is 36.6 Å². The number of sulfonamides is 1. The molecule has 0 fully saturated rings. The predicted octanol–water partition coefficient (Wildman–Crippen LogP) is 2.83. The number of aliphatic hydroxyl groups is 1. The first-order valence-electron chi connectivity index (χ1n) is 15.2. The average Bonchev–Trinajstić information content (AvgIpc) is 3.53. The molecule has 0 spiro atoms. The molecule has 1 heterocycles. The average molecular weight is 677 g/mol. The smallest absolute Gasteiger partial charge is 0.257 e. The van der Waals surface area contributed by atoms with E-state index in [4.69, 9.17) is 4.74 Å². The Morgan fingerprint density at radius 1 is 0.958 bits per heavy atom. The van der Waals surface area contributed by atoms with Gasteiger partial charge in [0.05, 0.1) is 36.3 Å². The van der Waals surface area contributed by atoms with Gasteiger partial charge < -0.3 is 25.5 Å². The van der Waals surface area contributed by atoms with Gasteiger partial charge in [-0.05, 0) is 42.7 Å². The van der Waals surface area contributed by atoms with Crippen molar-refractivity contribution >= 4 is 39.4 Å². The van der Waals surface area contributed by atoms with E-state index in [-0.39, 0.29) is 35.2 Å². The molecule has 3 atom stereocenters. The van der Waals surface area contributed by atoms with E-state index in [0.29, 0.717) is 18.7 Å². The second kappa shape index (κ2) is 16.2. The zero-order chi connectivity index (χ0) is 34.8. The number of H-pyrrole nitrogens is 1. The van der Waals surface area contributed by atoms with Gasteiger partial charge in [0.25, 0.3) is 17.7 Å². The van der Waals surface area contributed by atoms with Crippen LogP contribution in [0.1, 0.15) is 50.5 Å². The van der Waals surface area contributed by atoms with Crippen LogP contribution in [0.2, 0.25) is 0 Å². The molecule has 0 aliphatic rings. The number of amides is 3. The lowest BCUT2D eigenvalue weighted by atomic mass is 9.99. The van der Waals surface area contributed by atoms with Gasteiger partial charge in [-0.1, -0.05) is 60.7 Å². The molecule has 0 saturated carbocycles. The summed E-state index contributed by atoms with van der Waals surface area (Å²) in [5.41, 5.74) is 2.28. The van der Waals surface area contributed by atoms with E-state index in [1.165, 1.54) is 25.2 Å². The van der Waals surface area contributed by atoms with Gasteiger partial charge in [0, 0.05) is 37.9 Å². The molecule has 0 bridgehead atoms. The SMILES string of the molecule is COCCc1c[nH]c(NC(=O)[C@H](O)[C@H](Cc2ccccc2)NC(=O)c2cc(C(=O)N[C@H](C)c3ccccc3)cc(N(C)S(C)(=O)=O)c2)n1. The fraction of sp³-hybridized carbons (Fsp3) is 0.294. The quantitative estimate of drug-likeness (QED) is 0.127. The largest absolute Gasteiger partial charge is 0.384 e. The summed E-state index contributed by atoms with van der Waals surface area (Å²) in [6.45, 7) is 2.24. The third-order valence-corrected chi connectivity index (χ3v) is 8.86. The molecular formula is C34H40N6O7S. The number of methoxy groups -OCH3 is 1. The minimum atomic E-state index is -3.77. The monoisotopic (exact) mass is 676 g/mol. The number of ether oxygens (including phenoxy) is 1. The van der Waals surface area contributed by atoms with Gasteiger partial charge in [-0.15, -0.1) is 0 Å². The first kappa shape index (κ1) is 35.8. The van der Waals surface area contributed by atoms with Crippen LogP contribution in [0.3, 0.4) is 0 Å². The van der Waals surface area contributed by atoms with Crippen molar-refractivity contribution in [2.24, 2.45) is 0 Å². The predicted molar refractivity (Wildman–Crippen MR) is 182 cm³/mol. The number of benzene rings is 3. The minimum absolute atomic E-state index is 0.0379. The number of anilines is 2. The first-order valence-corrected chi connectivity index (χ1v) is 17.0. The van der Waals surface area contributed by atoms with Crippen LogP contribution in [-0.2, 0) is 32.4 Å². The van der Waals surface area contributed by atoms with Crippen molar-refractivity contribution in [3.63, 3.8) is 0 Å². The van der Waals surface area contributed by atoms with E-state index in [0.717, 1.165) is 21.7 Å². The van der Waals surface area contributed by atoms with Crippen LogP contribution in [0.5, 0.6) is 0 Å². The number of carbonyl (C=O) groups is 3. The molecule has 48 heavy (non-hydrogen) atoms. The van der Waals surface area contributed by atoms with Gasteiger partial charge in [-0.25, -0.2) is 13.4 Å². The van der Waals surface area contributed by atoms with Gasteiger partial charge in [-0.3, -0.25) is 24.0 Å². The van der Waals surface area contributed by atoms with Crippen LogP contribution in [0.25, 0.3) is 0 Å². The number of nitrogens with one attached hydrogen (secondary N) is 4. The number of nitrogens with zero attached hydrogens (tertiary/aromatic N) is 2. The molecule has 14 heteroatoms. The van der Waals surface area contributed by atoms with Crippen molar-refractivity contribution in [1.29, 1.82) is 0 Å². The van der Waals surface area contributed by atoms with Crippen molar-refractivity contribution < 1.29 is 32.6 Å². The lowest BCUT2D eigenvalue weighted by molar-refractivity contribution is -0.125. The Morgan fingerprint density at radius 3 is 2.17 bits per heavy atom. The molecule has 0 aliphatic heterocycles. The summed E-state index contributed by atoms with van der Waals surface area (Å²) in [6, 6.07) is 20.7. The second-order valence-electron chi connectivity index (χ2n) is 11.3. The summed E-state index contributed by atoms with van der Waals surface area (Å²) in [5, 5.41) is 19.3. The Kier molecular flexibility index (Phi) is 12.1. The third-order valence-electron chi connectivity index (χ3n) is 7.65. The number of aromatic amines is 1. The molecule has 3 aromatic carbocycles. The Labute approximate surface area is 279 Å². The summed E-state index contributed by atoms with van der Waals surface area (Å²) < 4.78 is 30.9. The highest BCUT2D eigenvalue weighted by atomic mass is 32.2. The Hall–Kier alpha value is -5.05. The van der Waals surface area contributed by atoms with Crippen molar-refractivity contribution in [3.05, 3.63) is 113 Å². The molecule has 3 amide bonds. The maximum Gasteiger partial charge on any atom is 0.257 e. The topological polar surface area (TPSA) is 183 Å². The summed E-state index contributed by atoms with van der Waals surface area (Å²) in [4.78, 5) is 47.5. The molecule has 0 aliphatic carbocycles. The molecule has 254 valence electrons. The number of hydrogen-bond donors (Lipinski definition) is 5. The van der Waals surface area contributed by atoms with Crippen molar-refractivity contribution in [3.8, 4) is 0 Å². The number of rotatable bonds is 15. The normalized spacial score (nSPS) is 13.2. The summed E-state index contributed by atoms with van der Waals surface area (Å²) >= 11 is 0. The molecule has 5 N–H and O–H groups in total. The fourth-order valence-electron chi connectivity index (χ4n) is 4.84. The maximum absolute atomic E-state index is 13.8. The van der Waals surface area contributed by atoms with Gasteiger partial charge >= 0.3 is 0 Å². The molecule has 4 rings (SSSR count). The first-order chi connectivity index (χ1) is 22.8.